The lowest BCUT2D eigenvalue weighted by atomic mass is 10.1. The summed E-state index contributed by atoms with van der Waals surface area (Å²) in [6.45, 7) is 4.85. The molecule has 0 bridgehead atoms. The minimum atomic E-state index is -0.106. The Morgan fingerprint density at radius 1 is 1.52 bits per heavy atom. The summed E-state index contributed by atoms with van der Waals surface area (Å²) in [5.41, 5.74) is 1.24. The Kier molecular flexibility index (Phi) is 4.52. The fourth-order valence-electron chi connectivity index (χ4n) is 2.81. The Hall–Kier alpha value is -2.08. The molecule has 0 aromatic carbocycles. The van der Waals surface area contributed by atoms with Gasteiger partial charge in [0.1, 0.15) is 16.5 Å². The van der Waals surface area contributed by atoms with Crippen LogP contribution in [-0.2, 0) is 0 Å². The highest BCUT2D eigenvalue weighted by molar-refractivity contribution is 6.32. The van der Waals surface area contributed by atoms with Crippen molar-refractivity contribution < 1.29 is 14.1 Å². The fraction of sp³-hybridized carbons (Fsp3) is 0.438. The number of aromatic nitrogens is 2. The molecule has 0 unspecified atom stereocenters. The molecule has 2 aromatic rings. The molecule has 0 radical (unpaired) electrons. The molecule has 1 atom stereocenters. The maximum atomic E-state index is 12.8. The van der Waals surface area contributed by atoms with E-state index in [4.69, 9.17) is 20.9 Å². The lowest BCUT2D eigenvalue weighted by Gasteiger charge is -2.23. The van der Waals surface area contributed by atoms with E-state index in [0.717, 1.165) is 24.3 Å². The van der Waals surface area contributed by atoms with Gasteiger partial charge in [0.15, 0.2) is 0 Å². The zero-order valence-electron chi connectivity index (χ0n) is 13.1. The molecule has 0 N–H and O–H groups in total. The molecular formula is C16H18ClN3O3. The average Bonchev–Trinajstić information content (AvgIpc) is 3.17. The fourth-order valence-corrected chi connectivity index (χ4v) is 3.03. The second-order valence-electron chi connectivity index (χ2n) is 5.46. The van der Waals surface area contributed by atoms with Gasteiger partial charge >= 0.3 is 0 Å². The van der Waals surface area contributed by atoms with Gasteiger partial charge in [-0.1, -0.05) is 16.8 Å². The second-order valence-corrected chi connectivity index (χ2v) is 5.87. The Labute approximate surface area is 139 Å². The molecular weight excluding hydrogens is 318 g/mol. The van der Waals surface area contributed by atoms with Crippen LogP contribution in [0.1, 0.15) is 47.6 Å². The van der Waals surface area contributed by atoms with Crippen LogP contribution in [0.5, 0.6) is 5.88 Å². The first-order chi connectivity index (χ1) is 11.1. The highest BCUT2D eigenvalue weighted by Crippen LogP contribution is 2.33. The number of hydrogen-bond donors (Lipinski definition) is 0. The predicted molar refractivity (Wildman–Crippen MR) is 84.7 cm³/mol. The number of aryl methyl sites for hydroxylation is 1. The number of carbonyl (C=O) groups is 1. The number of carbonyl (C=O) groups excluding carboxylic acids is 1. The molecule has 0 aliphatic carbocycles. The summed E-state index contributed by atoms with van der Waals surface area (Å²) in [7, 11) is 0. The van der Waals surface area contributed by atoms with E-state index in [1.165, 1.54) is 6.20 Å². The minimum Gasteiger partial charge on any atom is -0.477 e. The molecule has 122 valence electrons. The number of hydrogen-bond acceptors (Lipinski definition) is 5. The van der Waals surface area contributed by atoms with Gasteiger partial charge in [-0.05, 0) is 32.8 Å². The van der Waals surface area contributed by atoms with Crippen LogP contribution in [0.15, 0.2) is 22.9 Å². The zero-order valence-corrected chi connectivity index (χ0v) is 13.8. The molecule has 0 saturated carbocycles. The molecule has 23 heavy (non-hydrogen) atoms. The summed E-state index contributed by atoms with van der Waals surface area (Å²) in [5.74, 6) is 0.978. The molecule has 1 saturated heterocycles. The lowest BCUT2D eigenvalue weighted by molar-refractivity contribution is 0.0730. The van der Waals surface area contributed by atoms with Gasteiger partial charge in [0.05, 0.1) is 18.2 Å². The quantitative estimate of drug-likeness (QED) is 0.856. The van der Waals surface area contributed by atoms with E-state index in [1.54, 1.807) is 11.0 Å². The first-order valence-corrected chi connectivity index (χ1v) is 8.00. The van der Waals surface area contributed by atoms with Gasteiger partial charge in [0.25, 0.3) is 5.91 Å². The molecule has 6 nitrogen and oxygen atoms in total. The van der Waals surface area contributed by atoms with Crippen molar-refractivity contribution in [3.8, 4) is 5.88 Å². The Balaban J connectivity index is 1.83. The first kappa shape index (κ1) is 15.8. The first-order valence-electron chi connectivity index (χ1n) is 7.62. The Morgan fingerprint density at radius 2 is 2.35 bits per heavy atom. The summed E-state index contributed by atoms with van der Waals surface area (Å²) < 4.78 is 10.4. The number of halogens is 1. The van der Waals surface area contributed by atoms with Crippen LogP contribution in [0.25, 0.3) is 0 Å². The van der Waals surface area contributed by atoms with Gasteiger partial charge in [-0.3, -0.25) is 4.79 Å². The molecule has 2 aromatic heterocycles. The molecule has 1 aliphatic heterocycles. The van der Waals surface area contributed by atoms with E-state index < -0.39 is 0 Å². The molecule has 0 spiro atoms. The number of pyridine rings is 1. The van der Waals surface area contributed by atoms with Crippen LogP contribution in [-0.4, -0.2) is 34.1 Å². The van der Waals surface area contributed by atoms with Crippen LogP contribution < -0.4 is 4.74 Å². The van der Waals surface area contributed by atoms with E-state index in [2.05, 4.69) is 10.1 Å². The molecule has 1 amide bonds. The van der Waals surface area contributed by atoms with Crippen molar-refractivity contribution in [3.05, 3.63) is 40.4 Å². The van der Waals surface area contributed by atoms with Crippen molar-refractivity contribution in [2.45, 2.75) is 32.7 Å². The minimum absolute atomic E-state index is 0.0645. The van der Waals surface area contributed by atoms with Crippen LogP contribution in [0.2, 0.25) is 5.02 Å². The van der Waals surface area contributed by atoms with Gasteiger partial charge in [-0.25, -0.2) is 4.98 Å². The van der Waals surface area contributed by atoms with Gasteiger partial charge in [0.2, 0.25) is 5.88 Å². The largest absolute Gasteiger partial charge is 0.477 e. The van der Waals surface area contributed by atoms with Crippen LogP contribution in [0.4, 0.5) is 0 Å². The number of rotatable bonds is 4. The van der Waals surface area contributed by atoms with E-state index in [9.17, 15) is 4.79 Å². The summed E-state index contributed by atoms with van der Waals surface area (Å²) in [5, 5.41) is 4.39. The molecule has 3 rings (SSSR count). The second kappa shape index (κ2) is 6.58. The summed E-state index contributed by atoms with van der Waals surface area (Å²) in [6.07, 6.45) is 3.30. The zero-order chi connectivity index (χ0) is 16.4. The number of likely N-dealkylation sites (tertiary alicyclic amines) is 1. The molecule has 3 heterocycles. The van der Waals surface area contributed by atoms with Gasteiger partial charge < -0.3 is 14.2 Å². The van der Waals surface area contributed by atoms with Crippen molar-refractivity contribution in [1.29, 1.82) is 0 Å². The number of nitrogens with zero attached hydrogens (tertiary/aromatic N) is 3. The van der Waals surface area contributed by atoms with Gasteiger partial charge in [-0.15, -0.1) is 0 Å². The number of ether oxygens (including phenoxy) is 1. The topological polar surface area (TPSA) is 68.5 Å². The predicted octanol–water partition coefficient (Wildman–Crippen LogP) is 3.41. The third-order valence-electron chi connectivity index (χ3n) is 3.84. The maximum absolute atomic E-state index is 12.8. The van der Waals surface area contributed by atoms with E-state index in [0.29, 0.717) is 29.6 Å². The van der Waals surface area contributed by atoms with Crippen molar-refractivity contribution in [2.75, 3.05) is 13.2 Å². The molecule has 1 aliphatic rings. The molecule has 7 heteroatoms. The maximum Gasteiger partial charge on any atom is 0.256 e. The highest BCUT2D eigenvalue weighted by atomic mass is 35.5. The van der Waals surface area contributed by atoms with Gasteiger partial charge in [-0.2, -0.15) is 0 Å². The van der Waals surface area contributed by atoms with Crippen molar-refractivity contribution in [1.82, 2.24) is 15.0 Å². The summed E-state index contributed by atoms with van der Waals surface area (Å²) in [6, 6.07) is 3.41. The standard InChI is InChI=1S/C16H18ClN3O3/c1-3-22-15-12(17)8-11(9-18-15)16(21)20-6-4-5-14(20)13-7-10(2)23-19-13/h7-9,14H,3-6H2,1-2H3/t14-/m1/s1. The summed E-state index contributed by atoms with van der Waals surface area (Å²) >= 11 is 6.13. The van der Waals surface area contributed by atoms with Crippen molar-refractivity contribution in [2.24, 2.45) is 0 Å². The number of amides is 1. The summed E-state index contributed by atoms with van der Waals surface area (Å²) in [4.78, 5) is 18.7. The SMILES string of the molecule is CCOc1ncc(C(=O)N2CCC[C@@H]2c2cc(C)on2)cc1Cl. The van der Waals surface area contributed by atoms with E-state index >= 15 is 0 Å². The normalized spacial score (nSPS) is 17.5. The Morgan fingerprint density at radius 3 is 3.00 bits per heavy atom. The van der Waals surface area contributed by atoms with Crippen LogP contribution in [0.3, 0.4) is 0 Å². The van der Waals surface area contributed by atoms with Crippen LogP contribution >= 0.6 is 11.6 Å². The van der Waals surface area contributed by atoms with Crippen molar-refractivity contribution >= 4 is 17.5 Å². The Bertz CT molecular complexity index is 716. The third kappa shape index (κ3) is 3.17. The van der Waals surface area contributed by atoms with E-state index in [-0.39, 0.29) is 11.9 Å². The van der Waals surface area contributed by atoms with E-state index in [1.807, 2.05) is 19.9 Å². The highest BCUT2D eigenvalue weighted by Gasteiger charge is 2.33. The average molecular weight is 336 g/mol. The third-order valence-corrected chi connectivity index (χ3v) is 4.11. The molecule has 1 fully saturated rings. The van der Waals surface area contributed by atoms with Crippen LogP contribution in [0, 0.1) is 6.92 Å². The smallest absolute Gasteiger partial charge is 0.256 e. The van der Waals surface area contributed by atoms with Crippen molar-refractivity contribution in [3.63, 3.8) is 0 Å². The monoisotopic (exact) mass is 335 g/mol. The van der Waals surface area contributed by atoms with Gasteiger partial charge in [0, 0.05) is 18.8 Å². The lowest BCUT2D eigenvalue weighted by Crippen LogP contribution is -2.30.